The molecule has 4 aliphatic rings. The fraction of sp³-hybridized carbons (Fsp3) is 0.720. The lowest BCUT2D eigenvalue weighted by atomic mass is 9.85. The minimum atomic E-state index is -1.02. The monoisotopic (exact) mass is 1010 g/mol. The van der Waals surface area contributed by atoms with Crippen LogP contribution >= 0.6 is 0 Å². The number of likely N-dealkylation sites (N-methyl/N-ethyl adjacent to an activating group) is 2. The van der Waals surface area contributed by atoms with Gasteiger partial charge < -0.3 is 71.3 Å². The van der Waals surface area contributed by atoms with Crippen molar-refractivity contribution in [3.8, 4) is 0 Å². The molecule has 8 N–H and O–H groups in total. The third-order valence-electron chi connectivity index (χ3n) is 14.1. The first-order valence-electron chi connectivity index (χ1n) is 25.0. The number of nitrogens with one attached hydrogen (secondary N) is 8. The van der Waals surface area contributed by atoms with E-state index in [1.807, 2.05) is 55.4 Å². The Hall–Kier alpha value is -5.26. The highest BCUT2D eigenvalue weighted by atomic mass is 16.7. The molecule has 0 radical (unpaired) electrons. The van der Waals surface area contributed by atoms with E-state index in [-0.39, 0.29) is 74.6 Å². The van der Waals surface area contributed by atoms with Gasteiger partial charge in [0.05, 0.1) is 38.5 Å². The second-order valence-corrected chi connectivity index (χ2v) is 21.9. The van der Waals surface area contributed by atoms with Gasteiger partial charge >= 0.3 is 0 Å². The third-order valence-corrected chi connectivity index (χ3v) is 14.1. The molecule has 1 aromatic rings. The largest absolute Gasteiger partial charge is 0.355 e. The predicted molar refractivity (Wildman–Crippen MR) is 265 cm³/mol. The smallest absolute Gasteiger partial charge is 0.251 e. The topological polar surface area (TPSA) is 276 Å². The molecule has 0 bridgehead atoms. The Morgan fingerprint density at radius 2 is 0.903 bits per heavy atom. The quantitative estimate of drug-likeness (QED) is 0.0932. The highest BCUT2D eigenvalue weighted by molar-refractivity contribution is 6.01. The highest BCUT2D eigenvalue weighted by Gasteiger charge is 2.48. The minimum absolute atomic E-state index is 0.0438. The SMILES string of the molecule is CN[C@@H](C)C(=O)N[C@H](C(=O)N1C[C@@H](NC(=O)c2cccc(C(=O)N[C@H]3C[C@@H](C(=O)N[C@H](C)C4COCOC4)N(C(=O)[C@@H](NC(=O)[C@H](C)NC)C(C)(C)C)C3)c2)C[C@H]1C(=O)N[C@H](C)C1COCOC1)C(C)(C)C. The summed E-state index contributed by atoms with van der Waals surface area (Å²) in [6.07, 6.45) is 0.124. The lowest BCUT2D eigenvalue weighted by Gasteiger charge is -2.36. The maximum absolute atomic E-state index is 14.5. The van der Waals surface area contributed by atoms with Gasteiger partial charge in [0.25, 0.3) is 11.8 Å². The lowest BCUT2D eigenvalue weighted by Crippen LogP contribution is -2.60. The molecular weight excluding hydrogens is 933 g/mol. The maximum Gasteiger partial charge on any atom is 0.251 e. The van der Waals surface area contributed by atoms with Crippen LogP contribution in [0.4, 0.5) is 0 Å². The van der Waals surface area contributed by atoms with Crippen LogP contribution in [0.25, 0.3) is 0 Å². The Labute approximate surface area is 423 Å². The van der Waals surface area contributed by atoms with Crippen LogP contribution in [-0.2, 0) is 47.7 Å². The third kappa shape index (κ3) is 14.9. The number of carbonyl (C=O) groups is 8. The summed E-state index contributed by atoms with van der Waals surface area (Å²) >= 11 is 0. The summed E-state index contributed by atoms with van der Waals surface area (Å²) in [5, 5.41) is 23.5. The van der Waals surface area contributed by atoms with Crippen molar-refractivity contribution in [2.45, 2.75) is 142 Å². The molecule has 4 heterocycles. The van der Waals surface area contributed by atoms with Crippen LogP contribution in [0.3, 0.4) is 0 Å². The Kier molecular flexibility index (Phi) is 20.1. The van der Waals surface area contributed by atoms with Crippen molar-refractivity contribution in [3.63, 3.8) is 0 Å². The second-order valence-electron chi connectivity index (χ2n) is 21.9. The van der Waals surface area contributed by atoms with Crippen LogP contribution in [0.15, 0.2) is 24.3 Å². The van der Waals surface area contributed by atoms with Crippen molar-refractivity contribution in [3.05, 3.63) is 35.4 Å². The van der Waals surface area contributed by atoms with E-state index in [0.717, 1.165) is 0 Å². The van der Waals surface area contributed by atoms with E-state index >= 15 is 0 Å². The van der Waals surface area contributed by atoms with Crippen molar-refractivity contribution < 1.29 is 57.3 Å². The first-order chi connectivity index (χ1) is 33.8. The van der Waals surface area contributed by atoms with E-state index < -0.39 is 106 Å². The van der Waals surface area contributed by atoms with Gasteiger partial charge in [0.2, 0.25) is 35.4 Å². The van der Waals surface area contributed by atoms with Crippen LogP contribution in [0.5, 0.6) is 0 Å². The molecule has 22 heteroatoms. The summed E-state index contributed by atoms with van der Waals surface area (Å²) in [5.74, 6) is -4.00. The standard InChI is InChI=1S/C50H80N10O12/c1-27(33-21-69-25-70-22-33)53-45(65)37-17-35(19-59(37)47(67)39(49(5,6)7)57-41(61)29(3)51-11)55-43(63)31-14-13-15-32(16-31)44(64)56-36-18-38(46(66)54-28(2)34-23-71-26-72-24-34)60(20-36)48(68)40(50(8,9)10)58-42(62)30(4)52-12/h13-16,27-30,33-40,51-52H,17-26H2,1-12H3,(H,53,65)(H,54,66)(H,55,63)(H,56,64)(H,57,61)(H,58,62)/t27-,28-,29+,30+,35+,36+,37+,38+,39-,40-/m1/s1. The maximum atomic E-state index is 14.5. The van der Waals surface area contributed by atoms with Gasteiger partial charge in [0.1, 0.15) is 37.8 Å². The van der Waals surface area contributed by atoms with E-state index in [4.69, 9.17) is 18.9 Å². The molecule has 0 unspecified atom stereocenters. The molecule has 1 aromatic carbocycles. The van der Waals surface area contributed by atoms with Crippen molar-refractivity contribution in [1.82, 2.24) is 52.3 Å². The number of rotatable bonds is 18. The Morgan fingerprint density at radius 1 is 0.556 bits per heavy atom. The number of hydrogen-bond donors (Lipinski definition) is 8. The number of benzene rings is 1. The fourth-order valence-corrected chi connectivity index (χ4v) is 9.10. The summed E-state index contributed by atoms with van der Waals surface area (Å²) in [4.78, 5) is 114. The fourth-order valence-electron chi connectivity index (χ4n) is 9.10. The molecule has 0 spiro atoms. The molecule has 10 atom stereocenters. The molecule has 8 amide bonds. The van der Waals surface area contributed by atoms with Gasteiger partial charge in [-0.3, -0.25) is 38.4 Å². The van der Waals surface area contributed by atoms with Crippen molar-refractivity contribution in [2.75, 3.05) is 67.2 Å². The highest BCUT2D eigenvalue weighted by Crippen LogP contribution is 2.29. The van der Waals surface area contributed by atoms with Crippen molar-refractivity contribution in [1.29, 1.82) is 0 Å². The van der Waals surface area contributed by atoms with Crippen LogP contribution in [-0.4, -0.2) is 185 Å². The van der Waals surface area contributed by atoms with Crippen molar-refractivity contribution in [2.24, 2.45) is 22.7 Å². The summed E-state index contributed by atoms with van der Waals surface area (Å²) in [6, 6.07) is -1.35. The van der Waals surface area contributed by atoms with Gasteiger partial charge in [0.15, 0.2) is 0 Å². The average Bonchev–Trinajstić information content (AvgIpc) is 3.98. The van der Waals surface area contributed by atoms with Crippen LogP contribution in [0.1, 0.15) is 103 Å². The minimum Gasteiger partial charge on any atom is -0.355 e. The van der Waals surface area contributed by atoms with Crippen LogP contribution in [0.2, 0.25) is 0 Å². The molecule has 0 aromatic heterocycles. The van der Waals surface area contributed by atoms with E-state index in [0.29, 0.717) is 26.4 Å². The van der Waals surface area contributed by atoms with E-state index in [2.05, 4.69) is 42.5 Å². The molecule has 72 heavy (non-hydrogen) atoms. The number of likely N-dealkylation sites (tertiary alicyclic amines) is 2. The molecule has 4 fully saturated rings. The second kappa shape index (κ2) is 25.1. The van der Waals surface area contributed by atoms with E-state index in [9.17, 15) is 38.4 Å². The molecule has 0 aliphatic carbocycles. The molecule has 4 saturated heterocycles. The predicted octanol–water partition coefficient (Wildman–Crippen LogP) is -0.387. The Bertz CT molecular complexity index is 1960. The molecule has 402 valence electrons. The lowest BCUT2D eigenvalue weighted by molar-refractivity contribution is -0.146. The molecule has 22 nitrogen and oxygen atoms in total. The van der Waals surface area contributed by atoms with E-state index in [1.165, 1.54) is 28.0 Å². The number of hydrogen-bond acceptors (Lipinski definition) is 14. The Balaban J connectivity index is 1.33. The zero-order chi connectivity index (χ0) is 53.2. The number of ether oxygens (including phenoxy) is 4. The van der Waals surface area contributed by atoms with Gasteiger partial charge in [-0.05, 0) is 83.7 Å². The molecule has 5 rings (SSSR count). The summed E-state index contributed by atoms with van der Waals surface area (Å²) < 4.78 is 21.8. The van der Waals surface area contributed by atoms with Crippen molar-refractivity contribution >= 4 is 47.3 Å². The van der Waals surface area contributed by atoms with Gasteiger partial charge in [-0.1, -0.05) is 47.6 Å². The molecule has 0 saturated carbocycles. The first kappa shape index (κ1) is 57.6. The normalized spacial score (nSPS) is 23.7. The summed E-state index contributed by atoms with van der Waals surface area (Å²) in [5.41, 5.74) is -1.26. The van der Waals surface area contributed by atoms with Gasteiger partial charge in [-0.2, -0.15) is 0 Å². The average molecular weight is 1010 g/mol. The zero-order valence-electron chi connectivity index (χ0n) is 44.1. The van der Waals surface area contributed by atoms with Gasteiger partial charge in [0, 0.05) is 60.2 Å². The van der Waals surface area contributed by atoms with Gasteiger partial charge in [-0.25, -0.2) is 0 Å². The van der Waals surface area contributed by atoms with Gasteiger partial charge in [-0.15, -0.1) is 0 Å². The first-order valence-corrected chi connectivity index (χ1v) is 25.0. The number of nitrogens with zero attached hydrogens (tertiary/aromatic N) is 2. The molecule has 4 aliphatic heterocycles. The number of carbonyl (C=O) groups excluding carboxylic acids is 8. The van der Waals surface area contributed by atoms with Crippen LogP contribution in [0, 0.1) is 22.7 Å². The molecular formula is C50H80N10O12. The Morgan fingerprint density at radius 3 is 1.22 bits per heavy atom. The summed E-state index contributed by atoms with van der Waals surface area (Å²) in [6.45, 7) is 19.7. The number of amides is 8. The zero-order valence-corrected chi connectivity index (χ0v) is 44.1. The van der Waals surface area contributed by atoms with E-state index in [1.54, 1.807) is 34.0 Å². The summed E-state index contributed by atoms with van der Waals surface area (Å²) in [7, 11) is 3.27. The van der Waals surface area contributed by atoms with Crippen LogP contribution < -0.4 is 42.5 Å².